The maximum absolute atomic E-state index is 11.7. The zero-order valence-electron chi connectivity index (χ0n) is 8.18. The number of fused-ring (bicyclic) bond motifs is 2. The predicted octanol–water partition coefficient (Wildman–Crippen LogP) is 0.980. The van der Waals surface area contributed by atoms with Gasteiger partial charge in [0.2, 0.25) is 5.69 Å². The molecule has 3 heterocycles. The largest absolute Gasteiger partial charge is 0.618 e. The maximum Gasteiger partial charge on any atom is 0.234 e. The number of nitrogens with zero attached hydrogens (tertiary/aromatic N) is 1. The second kappa shape index (κ2) is 2.97. The summed E-state index contributed by atoms with van der Waals surface area (Å²) in [5.41, 5.74) is 1.10. The summed E-state index contributed by atoms with van der Waals surface area (Å²) in [7, 11) is 0. The van der Waals surface area contributed by atoms with Gasteiger partial charge in [0.15, 0.2) is 11.8 Å². The number of ether oxygens (including phenoxy) is 2. The minimum atomic E-state index is -0.562. The van der Waals surface area contributed by atoms with Crippen molar-refractivity contribution in [3.8, 4) is 0 Å². The molecule has 1 atom stereocenters. The Bertz CT molecular complexity index is 430. The lowest BCUT2D eigenvalue weighted by Gasteiger charge is -2.27. The molecule has 0 N–H and O–H groups in total. The van der Waals surface area contributed by atoms with Crippen molar-refractivity contribution in [1.29, 1.82) is 0 Å². The van der Waals surface area contributed by atoms with E-state index >= 15 is 0 Å². The summed E-state index contributed by atoms with van der Waals surface area (Å²) in [6.45, 7) is 0.915. The Kier molecular flexibility index (Phi) is 1.73. The van der Waals surface area contributed by atoms with Crippen LogP contribution in [0.25, 0.3) is 0 Å². The van der Waals surface area contributed by atoms with E-state index < -0.39 is 5.60 Å². The summed E-state index contributed by atoms with van der Waals surface area (Å²) in [5, 5.41) is 11.7. The summed E-state index contributed by atoms with van der Waals surface area (Å²) in [5.74, 6) is 0. The number of aromatic nitrogens is 1. The standard InChI is InChI=1S/C11H11NO3/c13-12-5-1-3-9-7-15-11(10(9)12)4-2-6-14-8-11/h1-3,5-6H,4,7-8H2. The average molecular weight is 205 g/mol. The molecular weight excluding hydrogens is 194 g/mol. The van der Waals surface area contributed by atoms with Gasteiger partial charge in [-0.25, -0.2) is 0 Å². The molecule has 0 radical (unpaired) electrons. The minimum Gasteiger partial charge on any atom is -0.618 e. The molecule has 1 aromatic heterocycles. The van der Waals surface area contributed by atoms with Gasteiger partial charge in [0.1, 0.15) is 6.61 Å². The zero-order valence-corrected chi connectivity index (χ0v) is 8.18. The van der Waals surface area contributed by atoms with Crippen LogP contribution in [-0.4, -0.2) is 6.61 Å². The Morgan fingerprint density at radius 2 is 2.40 bits per heavy atom. The molecule has 0 saturated heterocycles. The lowest BCUT2D eigenvalue weighted by molar-refractivity contribution is -0.621. The summed E-state index contributed by atoms with van der Waals surface area (Å²) < 4.78 is 11.9. The Morgan fingerprint density at radius 1 is 1.47 bits per heavy atom. The molecule has 4 heteroatoms. The van der Waals surface area contributed by atoms with E-state index in [-0.39, 0.29) is 0 Å². The molecule has 1 aromatic rings. The van der Waals surface area contributed by atoms with Crippen LogP contribution in [0, 0.1) is 5.21 Å². The van der Waals surface area contributed by atoms with Crippen LogP contribution < -0.4 is 4.73 Å². The van der Waals surface area contributed by atoms with Crippen LogP contribution in [0.15, 0.2) is 30.7 Å². The third-order valence-corrected chi connectivity index (χ3v) is 2.94. The zero-order chi connectivity index (χ0) is 10.3. The van der Waals surface area contributed by atoms with Crippen molar-refractivity contribution in [2.75, 3.05) is 6.61 Å². The van der Waals surface area contributed by atoms with Crippen molar-refractivity contribution in [3.05, 3.63) is 47.1 Å². The Morgan fingerprint density at radius 3 is 3.20 bits per heavy atom. The molecule has 4 nitrogen and oxygen atoms in total. The summed E-state index contributed by atoms with van der Waals surface area (Å²) in [6.07, 6.45) is 5.76. The number of rotatable bonds is 0. The van der Waals surface area contributed by atoms with Crippen LogP contribution in [0.1, 0.15) is 17.7 Å². The maximum atomic E-state index is 11.7. The Labute approximate surface area is 87.3 Å². The first-order valence-electron chi connectivity index (χ1n) is 4.94. The van der Waals surface area contributed by atoms with Crippen LogP contribution >= 0.6 is 0 Å². The minimum absolute atomic E-state index is 0.419. The molecule has 3 rings (SSSR count). The highest BCUT2D eigenvalue weighted by molar-refractivity contribution is 5.27. The Balaban J connectivity index is 2.14. The third kappa shape index (κ3) is 1.15. The van der Waals surface area contributed by atoms with Crippen LogP contribution in [0.4, 0.5) is 0 Å². The molecule has 15 heavy (non-hydrogen) atoms. The first-order valence-corrected chi connectivity index (χ1v) is 4.94. The van der Waals surface area contributed by atoms with E-state index in [2.05, 4.69) is 0 Å². The summed E-state index contributed by atoms with van der Waals surface area (Å²) >= 11 is 0. The van der Waals surface area contributed by atoms with Gasteiger partial charge < -0.3 is 14.7 Å². The van der Waals surface area contributed by atoms with Gasteiger partial charge in [-0.3, -0.25) is 0 Å². The molecule has 78 valence electrons. The van der Waals surface area contributed by atoms with E-state index in [1.165, 1.54) is 6.20 Å². The summed E-state index contributed by atoms with van der Waals surface area (Å²) in [4.78, 5) is 0. The highest BCUT2D eigenvalue weighted by atomic mass is 16.6. The molecule has 0 aliphatic carbocycles. The first kappa shape index (κ1) is 8.73. The molecule has 0 fully saturated rings. The van der Waals surface area contributed by atoms with Gasteiger partial charge in [0, 0.05) is 18.1 Å². The van der Waals surface area contributed by atoms with Crippen molar-refractivity contribution in [2.45, 2.75) is 18.6 Å². The lowest BCUT2D eigenvalue weighted by Crippen LogP contribution is -2.44. The topological polar surface area (TPSA) is 45.4 Å². The molecule has 0 saturated carbocycles. The molecule has 0 amide bonds. The Hall–Kier alpha value is -1.55. The fourth-order valence-corrected chi connectivity index (χ4v) is 2.24. The lowest BCUT2D eigenvalue weighted by atomic mass is 9.94. The molecule has 1 spiro atoms. The fourth-order valence-electron chi connectivity index (χ4n) is 2.24. The number of pyridine rings is 1. The van der Waals surface area contributed by atoms with Crippen molar-refractivity contribution < 1.29 is 14.2 Å². The smallest absolute Gasteiger partial charge is 0.234 e. The van der Waals surface area contributed by atoms with Crippen molar-refractivity contribution in [1.82, 2.24) is 0 Å². The van der Waals surface area contributed by atoms with Gasteiger partial charge in [-0.05, 0) is 12.1 Å². The van der Waals surface area contributed by atoms with Gasteiger partial charge >= 0.3 is 0 Å². The SMILES string of the molecule is [O-][n+]1cccc2c1C1(CC=COC1)OC2. The van der Waals surface area contributed by atoms with E-state index in [0.29, 0.717) is 25.3 Å². The average Bonchev–Trinajstić information content (AvgIpc) is 2.60. The summed E-state index contributed by atoms with van der Waals surface area (Å²) in [6, 6.07) is 3.67. The molecule has 2 aliphatic heterocycles. The quantitative estimate of drug-likeness (QED) is 0.468. The van der Waals surface area contributed by atoms with E-state index in [1.54, 1.807) is 12.3 Å². The van der Waals surface area contributed by atoms with Gasteiger partial charge in [-0.1, -0.05) is 0 Å². The van der Waals surface area contributed by atoms with E-state index in [1.807, 2.05) is 12.1 Å². The highest BCUT2D eigenvalue weighted by Crippen LogP contribution is 2.39. The van der Waals surface area contributed by atoms with Gasteiger partial charge in [-0.15, -0.1) is 0 Å². The molecule has 2 aliphatic rings. The predicted molar refractivity (Wildman–Crippen MR) is 51.6 cm³/mol. The fraction of sp³-hybridized carbons (Fsp3) is 0.364. The molecule has 1 unspecified atom stereocenters. The third-order valence-electron chi connectivity index (χ3n) is 2.94. The van der Waals surface area contributed by atoms with Crippen LogP contribution in [-0.2, 0) is 21.7 Å². The van der Waals surface area contributed by atoms with Gasteiger partial charge in [0.05, 0.1) is 12.9 Å². The van der Waals surface area contributed by atoms with E-state index in [9.17, 15) is 5.21 Å². The molecule has 0 bridgehead atoms. The monoisotopic (exact) mass is 205 g/mol. The number of hydrogen-bond donors (Lipinski definition) is 0. The number of hydrogen-bond acceptors (Lipinski definition) is 3. The van der Waals surface area contributed by atoms with Crippen molar-refractivity contribution in [2.24, 2.45) is 0 Å². The van der Waals surface area contributed by atoms with Gasteiger partial charge in [-0.2, -0.15) is 4.73 Å². The highest BCUT2D eigenvalue weighted by Gasteiger charge is 2.48. The molecule has 0 aromatic carbocycles. The first-order chi connectivity index (χ1) is 7.32. The van der Waals surface area contributed by atoms with Crippen LogP contribution in [0.5, 0.6) is 0 Å². The van der Waals surface area contributed by atoms with Crippen LogP contribution in [0.3, 0.4) is 0 Å². The normalized spacial score (nSPS) is 27.7. The second-order valence-electron chi connectivity index (χ2n) is 3.88. The van der Waals surface area contributed by atoms with Crippen LogP contribution in [0.2, 0.25) is 0 Å². The van der Waals surface area contributed by atoms with Crippen molar-refractivity contribution >= 4 is 0 Å². The van der Waals surface area contributed by atoms with Gasteiger partial charge in [0.25, 0.3) is 0 Å². The van der Waals surface area contributed by atoms with Crippen molar-refractivity contribution in [3.63, 3.8) is 0 Å². The second-order valence-corrected chi connectivity index (χ2v) is 3.88. The van der Waals surface area contributed by atoms with E-state index in [4.69, 9.17) is 9.47 Å². The van der Waals surface area contributed by atoms with E-state index in [0.717, 1.165) is 10.3 Å². The molecular formula is C11H11NO3.